The number of rotatable bonds is 7. The number of urea groups is 1. The van der Waals surface area contributed by atoms with Crippen molar-refractivity contribution in [2.45, 2.75) is 44.4 Å². The Kier molecular flexibility index (Phi) is 7.27. The number of anilines is 1. The maximum absolute atomic E-state index is 13.1. The number of hydrogen-bond donors (Lipinski definition) is 1. The molecule has 0 bridgehead atoms. The van der Waals surface area contributed by atoms with Gasteiger partial charge in [-0.1, -0.05) is 29.8 Å². The van der Waals surface area contributed by atoms with E-state index in [-0.39, 0.29) is 23.8 Å². The lowest BCUT2D eigenvalue weighted by molar-refractivity contribution is 0.0524. The minimum Gasteiger partial charge on any atom is -0.376 e. The molecule has 0 aliphatic carbocycles. The average Bonchev–Trinajstić information content (AvgIpc) is 3.46. The second-order valence-electron chi connectivity index (χ2n) is 8.08. The largest absolute Gasteiger partial charge is 0.376 e. The Morgan fingerprint density at radius 2 is 1.74 bits per heavy atom. The standard InChI is InChI=1S/C23H28ClN3O4/c24-21-8-2-1-5-17(21)13-26-14-18(9-10-22(26)28)25-23(29)27(15-19-6-3-11-30-19)16-20-7-4-12-31-20/h1-2,5,8-10,14,19-20H,3-4,6-7,11-13,15-16H2,(H,25,29)/t19-,20-/m1/s1. The van der Waals surface area contributed by atoms with Gasteiger partial charge < -0.3 is 24.3 Å². The molecule has 0 unspecified atom stereocenters. The third kappa shape index (κ3) is 5.87. The van der Waals surface area contributed by atoms with E-state index in [1.165, 1.54) is 6.07 Å². The maximum atomic E-state index is 13.1. The molecule has 1 aromatic heterocycles. The van der Waals surface area contributed by atoms with Crippen LogP contribution in [0.4, 0.5) is 10.5 Å². The van der Waals surface area contributed by atoms with Crippen LogP contribution in [-0.2, 0) is 16.0 Å². The molecular weight excluding hydrogens is 418 g/mol. The van der Waals surface area contributed by atoms with Gasteiger partial charge in [0, 0.05) is 43.6 Å². The number of nitrogens with zero attached hydrogens (tertiary/aromatic N) is 2. The van der Waals surface area contributed by atoms with Crippen LogP contribution in [0.15, 0.2) is 47.4 Å². The molecule has 0 spiro atoms. The predicted molar refractivity (Wildman–Crippen MR) is 120 cm³/mol. The summed E-state index contributed by atoms with van der Waals surface area (Å²) in [6.07, 6.45) is 5.72. The predicted octanol–water partition coefficient (Wildman–Crippen LogP) is 3.74. The van der Waals surface area contributed by atoms with Crippen molar-refractivity contribution < 1.29 is 14.3 Å². The number of halogens is 1. The number of amides is 2. The molecule has 2 amide bonds. The summed E-state index contributed by atoms with van der Waals surface area (Å²) in [6, 6.07) is 10.3. The lowest BCUT2D eigenvalue weighted by atomic mass is 10.2. The molecule has 4 rings (SSSR count). The molecule has 2 aliphatic rings. The number of aromatic nitrogens is 1. The lowest BCUT2D eigenvalue weighted by Crippen LogP contribution is -2.44. The molecule has 31 heavy (non-hydrogen) atoms. The normalized spacial score (nSPS) is 20.7. The van der Waals surface area contributed by atoms with Crippen molar-refractivity contribution in [1.29, 1.82) is 0 Å². The van der Waals surface area contributed by atoms with Gasteiger partial charge in [-0.15, -0.1) is 0 Å². The first-order chi connectivity index (χ1) is 15.1. The van der Waals surface area contributed by atoms with Crippen molar-refractivity contribution in [1.82, 2.24) is 9.47 Å². The highest BCUT2D eigenvalue weighted by Gasteiger charge is 2.27. The van der Waals surface area contributed by atoms with Crippen molar-refractivity contribution in [2.24, 2.45) is 0 Å². The zero-order chi connectivity index (χ0) is 21.6. The molecule has 166 valence electrons. The van der Waals surface area contributed by atoms with Gasteiger partial charge in [0.05, 0.1) is 24.4 Å². The number of ether oxygens (including phenoxy) is 2. The van der Waals surface area contributed by atoms with Crippen LogP contribution >= 0.6 is 11.6 Å². The van der Waals surface area contributed by atoms with E-state index in [4.69, 9.17) is 21.1 Å². The summed E-state index contributed by atoms with van der Waals surface area (Å²) >= 11 is 6.24. The fourth-order valence-corrected chi connectivity index (χ4v) is 4.25. The third-order valence-corrected chi connectivity index (χ3v) is 6.09. The fourth-order valence-electron chi connectivity index (χ4n) is 4.05. The lowest BCUT2D eigenvalue weighted by Gasteiger charge is -2.28. The SMILES string of the molecule is O=C(Nc1ccc(=O)n(Cc2ccccc2Cl)c1)N(C[C@H]1CCCO1)C[C@H]1CCCO1. The second-order valence-corrected chi connectivity index (χ2v) is 8.49. The topological polar surface area (TPSA) is 72.8 Å². The Morgan fingerprint density at radius 3 is 2.35 bits per heavy atom. The minimum atomic E-state index is -0.214. The molecule has 2 atom stereocenters. The highest BCUT2D eigenvalue weighted by atomic mass is 35.5. The van der Waals surface area contributed by atoms with Crippen LogP contribution in [0.25, 0.3) is 0 Å². The molecule has 1 N–H and O–H groups in total. The zero-order valence-corrected chi connectivity index (χ0v) is 18.2. The van der Waals surface area contributed by atoms with E-state index in [2.05, 4.69) is 5.32 Å². The summed E-state index contributed by atoms with van der Waals surface area (Å²) in [5.41, 5.74) is 1.24. The van der Waals surface area contributed by atoms with Gasteiger partial charge >= 0.3 is 6.03 Å². The van der Waals surface area contributed by atoms with E-state index in [9.17, 15) is 9.59 Å². The van der Waals surface area contributed by atoms with Crippen molar-refractivity contribution in [3.63, 3.8) is 0 Å². The monoisotopic (exact) mass is 445 g/mol. The number of nitrogens with one attached hydrogen (secondary N) is 1. The van der Waals surface area contributed by atoms with Crippen molar-refractivity contribution >= 4 is 23.3 Å². The van der Waals surface area contributed by atoms with Crippen LogP contribution in [-0.4, -0.2) is 54.0 Å². The quantitative estimate of drug-likeness (QED) is 0.704. The molecule has 7 nitrogen and oxygen atoms in total. The van der Waals surface area contributed by atoms with Gasteiger partial charge in [-0.25, -0.2) is 4.79 Å². The van der Waals surface area contributed by atoms with Crippen LogP contribution in [0.1, 0.15) is 31.2 Å². The van der Waals surface area contributed by atoms with Crippen LogP contribution in [0.5, 0.6) is 0 Å². The van der Waals surface area contributed by atoms with E-state index < -0.39 is 0 Å². The Bertz CT molecular complexity index is 934. The van der Waals surface area contributed by atoms with Crippen molar-refractivity contribution in [3.8, 4) is 0 Å². The van der Waals surface area contributed by atoms with Crippen LogP contribution in [0.2, 0.25) is 5.02 Å². The zero-order valence-electron chi connectivity index (χ0n) is 17.5. The number of carbonyl (C=O) groups is 1. The van der Waals surface area contributed by atoms with Gasteiger partial charge in [0.25, 0.3) is 5.56 Å². The number of hydrogen-bond acceptors (Lipinski definition) is 4. The maximum Gasteiger partial charge on any atom is 0.322 e. The van der Waals surface area contributed by atoms with Crippen molar-refractivity contribution in [3.05, 3.63) is 63.5 Å². The van der Waals surface area contributed by atoms with Crippen LogP contribution in [0, 0.1) is 0 Å². The average molecular weight is 446 g/mol. The third-order valence-electron chi connectivity index (χ3n) is 5.72. The highest BCUT2D eigenvalue weighted by Crippen LogP contribution is 2.19. The van der Waals surface area contributed by atoms with Crippen LogP contribution < -0.4 is 10.9 Å². The van der Waals surface area contributed by atoms with Gasteiger partial charge in [0.1, 0.15) is 0 Å². The van der Waals surface area contributed by atoms with Gasteiger partial charge in [0.2, 0.25) is 0 Å². The minimum absolute atomic E-state index is 0.0568. The first kappa shape index (κ1) is 21.9. The smallest absolute Gasteiger partial charge is 0.322 e. The number of pyridine rings is 1. The summed E-state index contributed by atoms with van der Waals surface area (Å²) in [7, 11) is 0. The van der Waals surface area contributed by atoms with E-state index in [0.29, 0.717) is 30.3 Å². The number of benzene rings is 1. The first-order valence-electron chi connectivity index (χ1n) is 10.8. The van der Waals surface area contributed by atoms with E-state index in [1.54, 1.807) is 27.8 Å². The Hall–Kier alpha value is -2.35. The molecule has 0 radical (unpaired) electrons. The molecule has 3 heterocycles. The fraction of sp³-hybridized carbons (Fsp3) is 0.478. The molecule has 2 aromatic rings. The van der Waals surface area contributed by atoms with Gasteiger partial charge in [-0.3, -0.25) is 4.79 Å². The van der Waals surface area contributed by atoms with E-state index >= 15 is 0 Å². The molecule has 0 saturated carbocycles. The van der Waals surface area contributed by atoms with E-state index in [0.717, 1.165) is 44.5 Å². The van der Waals surface area contributed by atoms with Crippen LogP contribution in [0.3, 0.4) is 0 Å². The van der Waals surface area contributed by atoms with Crippen molar-refractivity contribution in [2.75, 3.05) is 31.6 Å². The Balaban J connectivity index is 1.46. The van der Waals surface area contributed by atoms with Gasteiger partial charge in [-0.05, 0) is 43.4 Å². The molecule has 2 saturated heterocycles. The summed E-state index contributed by atoms with van der Waals surface area (Å²) in [5.74, 6) is 0. The molecule has 2 fully saturated rings. The summed E-state index contributed by atoms with van der Waals surface area (Å²) in [5, 5.41) is 3.54. The first-order valence-corrected chi connectivity index (χ1v) is 11.2. The summed E-state index contributed by atoms with van der Waals surface area (Å²) in [6.45, 7) is 2.88. The summed E-state index contributed by atoms with van der Waals surface area (Å²) < 4.78 is 13.0. The summed E-state index contributed by atoms with van der Waals surface area (Å²) in [4.78, 5) is 27.2. The van der Waals surface area contributed by atoms with Gasteiger partial charge in [0.15, 0.2) is 0 Å². The van der Waals surface area contributed by atoms with E-state index in [1.807, 2.05) is 18.2 Å². The molecule has 1 aromatic carbocycles. The Labute approximate surface area is 186 Å². The Morgan fingerprint density at radius 1 is 1.06 bits per heavy atom. The van der Waals surface area contributed by atoms with Gasteiger partial charge in [-0.2, -0.15) is 0 Å². The molecule has 2 aliphatic heterocycles. The number of carbonyl (C=O) groups excluding carboxylic acids is 1. The molecule has 8 heteroatoms. The second kappa shape index (κ2) is 10.3. The molecular formula is C23H28ClN3O4. The highest BCUT2D eigenvalue weighted by molar-refractivity contribution is 6.31.